The van der Waals surface area contributed by atoms with Gasteiger partial charge in [0, 0.05) is 31.0 Å². The maximum Gasteiger partial charge on any atom is 0.316 e. The van der Waals surface area contributed by atoms with Gasteiger partial charge in [-0.05, 0) is 66.7 Å². The fourth-order valence-electron chi connectivity index (χ4n) is 9.00. The Balaban J connectivity index is 1.48. The van der Waals surface area contributed by atoms with Gasteiger partial charge in [0.1, 0.15) is 23.7 Å². The monoisotopic (exact) mass is 639 g/mol. The van der Waals surface area contributed by atoms with Crippen molar-refractivity contribution in [3.8, 4) is 0 Å². The van der Waals surface area contributed by atoms with Crippen LogP contribution in [0.25, 0.3) is 0 Å². The second kappa shape index (κ2) is 13.0. The summed E-state index contributed by atoms with van der Waals surface area (Å²) in [5.41, 5.74) is -1.86. The van der Waals surface area contributed by atoms with E-state index in [-0.39, 0.29) is 42.0 Å². The summed E-state index contributed by atoms with van der Waals surface area (Å²) >= 11 is 0. The first kappa shape index (κ1) is 35.1. The molecule has 5 saturated heterocycles. The van der Waals surface area contributed by atoms with Crippen molar-refractivity contribution in [2.75, 3.05) is 26.3 Å². The Bertz CT molecular complexity index is 1080. The molecule has 5 heterocycles. The highest BCUT2D eigenvalue weighted by Crippen LogP contribution is 2.50. The van der Waals surface area contributed by atoms with Crippen molar-refractivity contribution >= 4 is 11.8 Å². The second-order valence-electron chi connectivity index (χ2n) is 15.2. The van der Waals surface area contributed by atoms with Crippen molar-refractivity contribution in [1.29, 1.82) is 0 Å². The van der Waals surface area contributed by atoms with E-state index >= 15 is 0 Å². The predicted octanol–water partition coefficient (Wildman–Crippen LogP) is 3.47. The number of morpholine rings is 1. The number of ketones is 1. The maximum atomic E-state index is 14.1. The summed E-state index contributed by atoms with van der Waals surface area (Å²) in [6.07, 6.45) is -2.29. The number of esters is 1. The molecular weight excluding hydrogens is 582 g/mol. The van der Waals surface area contributed by atoms with Crippen LogP contribution in [0, 0.1) is 23.7 Å². The molecule has 5 aliphatic rings. The Morgan fingerprint density at radius 1 is 1.00 bits per heavy atom. The van der Waals surface area contributed by atoms with Crippen LogP contribution in [0.3, 0.4) is 0 Å². The number of carbonyl (C=O) groups is 2. The van der Waals surface area contributed by atoms with E-state index in [4.69, 9.17) is 33.2 Å². The lowest BCUT2D eigenvalue weighted by Crippen LogP contribution is -2.60. The Labute approximate surface area is 268 Å². The van der Waals surface area contributed by atoms with Crippen molar-refractivity contribution in [1.82, 2.24) is 4.90 Å². The molecular formula is C34H57NO10. The first-order valence-electron chi connectivity index (χ1n) is 17.1. The molecule has 258 valence electrons. The molecule has 5 rings (SSSR count). The minimum atomic E-state index is -1.05. The summed E-state index contributed by atoms with van der Waals surface area (Å²) in [5.74, 6) is -3.80. The van der Waals surface area contributed by atoms with Crippen LogP contribution in [0.1, 0.15) is 88.5 Å². The highest BCUT2D eigenvalue weighted by atomic mass is 16.8. The van der Waals surface area contributed by atoms with Crippen molar-refractivity contribution in [2.24, 2.45) is 23.7 Å². The first-order valence-corrected chi connectivity index (χ1v) is 17.1. The van der Waals surface area contributed by atoms with Crippen molar-refractivity contribution < 1.29 is 47.9 Å². The number of ether oxygens (including phenoxy) is 7. The number of cyclic esters (lactones) is 1. The largest absolute Gasteiger partial charge is 0.458 e. The summed E-state index contributed by atoms with van der Waals surface area (Å²) in [4.78, 5) is 30.1. The van der Waals surface area contributed by atoms with Crippen molar-refractivity contribution in [3.63, 3.8) is 0 Å². The van der Waals surface area contributed by atoms with Crippen LogP contribution in [-0.4, -0.2) is 114 Å². The van der Waals surface area contributed by atoms with E-state index < -0.39 is 59.4 Å². The Kier molecular flexibility index (Phi) is 10.2. The van der Waals surface area contributed by atoms with E-state index in [0.29, 0.717) is 32.5 Å². The van der Waals surface area contributed by atoms with Gasteiger partial charge < -0.3 is 38.3 Å². The average Bonchev–Trinajstić information content (AvgIpc) is 3.44. The number of aliphatic hydroxyl groups excluding tert-OH is 1. The van der Waals surface area contributed by atoms with Gasteiger partial charge in [-0.15, -0.1) is 0 Å². The molecule has 45 heavy (non-hydrogen) atoms. The molecule has 2 bridgehead atoms. The average molecular weight is 640 g/mol. The zero-order valence-electron chi connectivity index (χ0n) is 28.9. The van der Waals surface area contributed by atoms with Crippen LogP contribution < -0.4 is 0 Å². The number of nitrogens with zero attached hydrogens (tertiary/aromatic N) is 1. The number of hydrogen-bond donors (Lipinski definition) is 1. The molecule has 0 aromatic carbocycles. The highest BCUT2D eigenvalue weighted by molar-refractivity contribution is 6.00. The molecule has 11 nitrogen and oxygen atoms in total. The zero-order chi connectivity index (χ0) is 33.1. The number of rotatable bonds is 5. The van der Waals surface area contributed by atoms with Crippen molar-refractivity contribution in [2.45, 2.75) is 154 Å². The fraction of sp³-hybridized carbons (Fsp3) is 0.941. The molecule has 0 spiro atoms. The van der Waals surface area contributed by atoms with Gasteiger partial charge in [-0.25, -0.2) is 0 Å². The number of carbonyl (C=O) groups excluding carboxylic acids is 2. The molecule has 0 amide bonds. The molecule has 5 aliphatic heterocycles. The smallest absolute Gasteiger partial charge is 0.316 e. The fourth-order valence-corrected chi connectivity index (χ4v) is 9.00. The number of fused-ring (bicyclic) bond motifs is 2. The van der Waals surface area contributed by atoms with Crippen LogP contribution in [0.5, 0.6) is 0 Å². The SMILES string of the molecule is CC[C@H]1OC(C)(C)O[C@@]1(C)[C@@H]1OC(=O)[C@H](C)C(=O)[C@H](C)[C@@H](O[C@@H]2OC(C)CC(N3CCOCC3)C2O)[C@@]2(C)CC(C)C(O2)[C@@H]1C. The Morgan fingerprint density at radius 2 is 1.67 bits per heavy atom. The van der Waals surface area contributed by atoms with E-state index in [1.807, 2.05) is 48.5 Å². The van der Waals surface area contributed by atoms with Gasteiger partial charge in [-0.1, -0.05) is 27.7 Å². The zero-order valence-corrected chi connectivity index (χ0v) is 28.9. The van der Waals surface area contributed by atoms with Gasteiger partial charge in [0.2, 0.25) is 0 Å². The van der Waals surface area contributed by atoms with Crippen LogP contribution in [0.2, 0.25) is 0 Å². The van der Waals surface area contributed by atoms with E-state index in [2.05, 4.69) is 11.8 Å². The van der Waals surface area contributed by atoms with Gasteiger partial charge in [0.25, 0.3) is 0 Å². The van der Waals surface area contributed by atoms with Crippen molar-refractivity contribution in [3.05, 3.63) is 0 Å². The van der Waals surface area contributed by atoms with E-state index in [9.17, 15) is 14.7 Å². The third-order valence-electron chi connectivity index (χ3n) is 11.1. The molecule has 0 radical (unpaired) electrons. The molecule has 11 heteroatoms. The number of hydrogen-bond acceptors (Lipinski definition) is 11. The topological polar surface area (TPSA) is 122 Å². The predicted molar refractivity (Wildman–Crippen MR) is 164 cm³/mol. The van der Waals surface area contributed by atoms with Crippen LogP contribution >= 0.6 is 0 Å². The molecule has 0 aromatic rings. The number of aliphatic hydroxyl groups is 1. The van der Waals surface area contributed by atoms with Gasteiger partial charge in [0.15, 0.2) is 17.9 Å². The molecule has 5 fully saturated rings. The molecule has 0 aliphatic carbocycles. The van der Waals surface area contributed by atoms with Gasteiger partial charge in [-0.3, -0.25) is 14.5 Å². The lowest BCUT2D eigenvalue weighted by Gasteiger charge is -2.47. The summed E-state index contributed by atoms with van der Waals surface area (Å²) < 4.78 is 44.6. The minimum absolute atomic E-state index is 0.0488. The maximum absolute atomic E-state index is 14.1. The Morgan fingerprint density at radius 3 is 2.31 bits per heavy atom. The molecule has 0 aromatic heterocycles. The van der Waals surface area contributed by atoms with Crippen LogP contribution in [0.15, 0.2) is 0 Å². The molecule has 5 unspecified atom stereocenters. The lowest BCUT2D eigenvalue weighted by atomic mass is 9.76. The lowest BCUT2D eigenvalue weighted by molar-refractivity contribution is -0.298. The van der Waals surface area contributed by atoms with E-state index in [1.54, 1.807) is 13.8 Å². The van der Waals surface area contributed by atoms with E-state index in [1.165, 1.54) is 0 Å². The standard InChI is InChI=1S/C34H57NO10/c1-11-24-34(10,45-32(7,8)43-24)29-22(6)27-18(2)17-33(9,44-27)28(20(4)25(36)21(5)30(38)41-29)42-31-26(37)23(16-19(3)40-31)35-12-14-39-15-13-35/h18-24,26-29,31,37H,11-17H2,1-10H3/t18?,19?,20-,21+,22-,23?,24+,26?,27?,28+,29+,31-,33+,34+/m0/s1. The summed E-state index contributed by atoms with van der Waals surface area (Å²) in [6, 6.07) is -0.166. The normalized spacial score (nSPS) is 49.8. The quantitative estimate of drug-likeness (QED) is 0.352. The van der Waals surface area contributed by atoms with Crippen LogP contribution in [-0.2, 0) is 42.7 Å². The van der Waals surface area contributed by atoms with Gasteiger partial charge in [-0.2, -0.15) is 0 Å². The minimum Gasteiger partial charge on any atom is -0.458 e. The third-order valence-corrected chi connectivity index (χ3v) is 11.1. The third kappa shape index (κ3) is 6.62. The highest BCUT2D eigenvalue weighted by Gasteiger charge is 2.61. The van der Waals surface area contributed by atoms with Gasteiger partial charge in [0.05, 0.1) is 43.2 Å². The summed E-state index contributed by atoms with van der Waals surface area (Å²) in [7, 11) is 0. The first-order chi connectivity index (χ1) is 21.0. The van der Waals surface area contributed by atoms with Crippen LogP contribution in [0.4, 0.5) is 0 Å². The van der Waals surface area contributed by atoms with Gasteiger partial charge >= 0.3 is 5.97 Å². The second-order valence-corrected chi connectivity index (χ2v) is 15.2. The molecule has 1 N–H and O–H groups in total. The summed E-state index contributed by atoms with van der Waals surface area (Å²) in [6.45, 7) is 21.9. The number of Topliss-reactive ketones (excluding diaryl/α,β-unsaturated/α-hetero) is 1. The van der Waals surface area contributed by atoms with E-state index in [0.717, 1.165) is 13.1 Å². The Hall–Kier alpha value is -1.18. The summed E-state index contributed by atoms with van der Waals surface area (Å²) in [5, 5.41) is 11.6. The molecule has 0 saturated carbocycles. The molecule has 14 atom stereocenters.